The highest BCUT2D eigenvalue weighted by atomic mass is 28.4. The minimum absolute atomic E-state index is 0.217. The molecule has 2 heterocycles. The summed E-state index contributed by atoms with van der Waals surface area (Å²) in [5.74, 6) is 0.874. The van der Waals surface area contributed by atoms with Crippen molar-refractivity contribution in [2.45, 2.75) is 51.7 Å². The summed E-state index contributed by atoms with van der Waals surface area (Å²) in [6.07, 6.45) is 1.84. The monoisotopic (exact) mass is 332 g/mol. The molecule has 2 rings (SSSR count). The molecule has 0 amide bonds. The van der Waals surface area contributed by atoms with Gasteiger partial charge in [0.15, 0.2) is 8.32 Å². The lowest BCUT2D eigenvalue weighted by Crippen LogP contribution is -2.41. The summed E-state index contributed by atoms with van der Waals surface area (Å²) in [4.78, 5) is 8.98. The van der Waals surface area contributed by atoms with Gasteiger partial charge in [-0.1, -0.05) is 27.7 Å². The zero-order valence-electron chi connectivity index (χ0n) is 15.3. The van der Waals surface area contributed by atoms with E-state index in [0.717, 1.165) is 16.6 Å². The summed E-state index contributed by atoms with van der Waals surface area (Å²) in [5, 5.41) is 0.217. The molecule has 0 radical (unpaired) electrons. The molecule has 0 bridgehead atoms. The van der Waals surface area contributed by atoms with Crippen LogP contribution in [0.3, 0.4) is 0 Å². The van der Waals surface area contributed by atoms with Crippen molar-refractivity contribution < 1.29 is 9.16 Å². The first-order chi connectivity index (χ1) is 10.7. The molecule has 0 saturated heterocycles. The number of hydrogen-bond acceptors (Lipinski definition) is 4. The van der Waals surface area contributed by atoms with Gasteiger partial charge < -0.3 is 9.16 Å². The molecule has 0 aliphatic carbocycles. The molecule has 1 atom stereocenters. The summed E-state index contributed by atoms with van der Waals surface area (Å²) in [7, 11) is -0.113. The van der Waals surface area contributed by atoms with E-state index in [1.165, 1.54) is 0 Å². The highest BCUT2D eigenvalue weighted by molar-refractivity contribution is 6.74. The Balaban J connectivity index is 2.26. The fourth-order valence-corrected chi connectivity index (χ4v) is 3.28. The predicted octanol–water partition coefficient (Wildman–Crippen LogP) is 4.76. The summed E-state index contributed by atoms with van der Waals surface area (Å²) in [6.45, 7) is 14.2. The van der Waals surface area contributed by atoms with Crippen LogP contribution in [0.5, 0.6) is 5.88 Å². The Morgan fingerprint density at radius 3 is 2.48 bits per heavy atom. The highest BCUT2D eigenvalue weighted by Crippen LogP contribution is 2.37. The fraction of sp³-hybridized carbons (Fsp3) is 0.556. The number of rotatable bonds is 5. The van der Waals surface area contributed by atoms with Crippen molar-refractivity contribution in [3.8, 4) is 5.88 Å². The van der Waals surface area contributed by atoms with Crippen LogP contribution in [0.2, 0.25) is 18.1 Å². The number of methoxy groups -OCH3 is 1. The lowest BCUT2D eigenvalue weighted by atomic mass is 10.0. The molecule has 0 aliphatic rings. The minimum Gasteiger partial charge on any atom is -0.481 e. The predicted molar refractivity (Wildman–Crippen MR) is 97.7 cm³/mol. The number of fused-ring (bicyclic) bond motifs is 1. The number of aromatic nitrogens is 2. The molecule has 126 valence electrons. The van der Waals surface area contributed by atoms with Gasteiger partial charge in [0, 0.05) is 24.8 Å². The first kappa shape index (κ1) is 17.9. The van der Waals surface area contributed by atoms with E-state index in [1.807, 2.05) is 24.4 Å². The lowest BCUT2D eigenvalue weighted by Gasteiger charge is -2.37. The molecule has 2 aromatic heterocycles. The normalized spacial score (nSPS) is 14.0. The van der Waals surface area contributed by atoms with Crippen LogP contribution in [0.1, 0.15) is 39.2 Å². The van der Waals surface area contributed by atoms with Crippen molar-refractivity contribution in [2.24, 2.45) is 0 Å². The van der Waals surface area contributed by atoms with Crippen LogP contribution in [0, 0.1) is 0 Å². The average molecular weight is 333 g/mol. The Bertz CT molecular complexity index is 680. The van der Waals surface area contributed by atoms with Crippen LogP contribution in [0.4, 0.5) is 0 Å². The SMILES string of the molecule is COc1ccc2nccc([C@@H](C)CO[Si](C)(C)C(C)(C)C)c2n1. The van der Waals surface area contributed by atoms with Gasteiger partial charge in [-0.2, -0.15) is 0 Å². The Morgan fingerprint density at radius 2 is 1.87 bits per heavy atom. The first-order valence-electron chi connectivity index (χ1n) is 8.09. The van der Waals surface area contributed by atoms with Crippen molar-refractivity contribution >= 4 is 19.4 Å². The van der Waals surface area contributed by atoms with Crippen LogP contribution < -0.4 is 4.74 Å². The Labute approximate surface area is 140 Å². The molecule has 0 saturated carbocycles. The van der Waals surface area contributed by atoms with Crippen LogP contribution in [0.25, 0.3) is 11.0 Å². The van der Waals surface area contributed by atoms with E-state index >= 15 is 0 Å². The van der Waals surface area contributed by atoms with Crippen molar-refractivity contribution in [3.05, 3.63) is 30.0 Å². The fourth-order valence-electron chi connectivity index (χ4n) is 2.18. The smallest absolute Gasteiger partial charge is 0.213 e. The van der Waals surface area contributed by atoms with Crippen molar-refractivity contribution in [3.63, 3.8) is 0 Å². The van der Waals surface area contributed by atoms with Gasteiger partial charge in [0.1, 0.15) is 0 Å². The van der Waals surface area contributed by atoms with E-state index in [1.54, 1.807) is 7.11 Å². The molecule has 0 aromatic carbocycles. The van der Waals surface area contributed by atoms with Crippen LogP contribution in [0.15, 0.2) is 24.4 Å². The molecule has 0 aliphatic heterocycles. The van der Waals surface area contributed by atoms with Gasteiger partial charge >= 0.3 is 0 Å². The van der Waals surface area contributed by atoms with E-state index < -0.39 is 8.32 Å². The Hall–Kier alpha value is -1.46. The van der Waals surface area contributed by atoms with E-state index in [2.05, 4.69) is 50.8 Å². The van der Waals surface area contributed by atoms with Gasteiger partial charge in [-0.15, -0.1) is 0 Å². The lowest BCUT2D eigenvalue weighted by molar-refractivity contribution is 0.269. The largest absolute Gasteiger partial charge is 0.481 e. The van der Waals surface area contributed by atoms with Crippen molar-refractivity contribution in [1.29, 1.82) is 0 Å². The zero-order chi connectivity index (χ0) is 17.3. The van der Waals surface area contributed by atoms with Gasteiger partial charge in [-0.3, -0.25) is 4.98 Å². The summed E-state index contributed by atoms with van der Waals surface area (Å²) >= 11 is 0. The molecular weight excluding hydrogens is 304 g/mol. The number of ether oxygens (including phenoxy) is 1. The molecule has 0 fully saturated rings. The van der Waals surface area contributed by atoms with Crippen LogP contribution in [-0.4, -0.2) is 32.0 Å². The molecule has 23 heavy (non-hydrogen) atoms. The molecular formula is C18H28N2O2Si. The topological polar surface area (TPSA) is 44.2 Å². The van der Waals surface area contributed by atoms with Crippen LogP contribution >= 0.6 is 0 Å². The number of pyridine rings is 2. The second-order valence-corrected chi connectivity index (χ2v) is 12.4. The van der Waals surface area contributed by atoms with Crippen LogP contribution in [-0.2, 0) is 4.43 Å². The summed E-state index contributed by atoms with van der Waals surface area (Å²) in [6, 6.07) is 5.83. The molecule has 4 nitrogen and oxygen atoms in total. The minimum atomic E-state index is -1.75. The van der Waals surface area contributed by atoms with Gasteiger partial charge in [-0.05, 0) is 35.8 Å². The Morgan fingerprint density at radius 1 is 1.17 bits per heavy atom. The van der Waals surface area contributed by atoms with Gasteiger partial charge in [0.2, 0.25) is 5.88 Å². The third kappa shape index (κ3) is 3.90. The Kier molecular flexibility index (Phi) is 5.11. The van der Waals surface area contributed by atoms with Gasteiger partial charge in [0.25, 0.3) is 0 Å². The molecule has 0 unspecified atom stereocenters. The molecule has 0 spiro atoms. The van der Waals surface area contributed by atoms with Crippen molar-refractivity contribution in [2.75, 3.05) is 13.7 Å². The van der Waals surface area contributed by atoms with Gasteiger partial charge in [0.05, 0.1) is 18.1 Å². The first-order valence-corrected chi connectivity index (χ1v) is 11.0. The number of nitrogens with zero attached hydrogens (tertiary/aromatic N) is 2. The third-order valence-corrected chi connectivity index (χ3v) is 9.33. The average Bonchev–Trinajstić information content (AvgIpc) is 2.50. The third-order valence-electron chi connectivity index (χ3n) is 4.83. The molecule has 5 heteroatoms. The summed E-state index contributed by atoms with van der Waals surface area (Å²) < 4.78 is 11.6. The second kappa shape index (κ2) is 6.57. The zero-order valence-corrected chi connectivity index (χ0v) is 16.3. The number of hydrogen-bond donors (Lipinski definition) is 0. The summed E-state index contributed by atoms with van der Waals surface area (Å²) in [5.41, 5.74) is 2.95. The molecule has 2 aromatic rings. The van der Waals surface area contributed by atoms with Crippen molar-refractivity contribution in [1.82, 2.24) is 9.97 Å². The second-order valence-electron chi connectivity index (χ2n) is 7.59. The van der Waals surface area contributed by atoms with E-state index in [9.17, 15) is 0 Å². The van der Waals surface area contributed by atoms with E-state index in [0.29, 0.717) is 12.5 Å². The molecule has 0 N–H and O–H groups in total. The quantitative estimate of drug-likeness (QED) is 0.740. The maximum Gasteiger partial charge on any atom is 0.213 e. The van der Waals surface area contributed by atoms with E-state index in [-0.39, 0.29) is 11.0 Å². The maximum absolute atomic E-state index is 6.38. The van der Waals surface area contributed by atoms with Gasteiger partial charge in [-0.25, -0.2) is 4.98 Å². The highest BCUT2D eigenvalue weighted by Gasteiger charge is 2.37. The maximum atomic E-state index is 6.38. The standard InChI is InChI=1S/C18H28N2O2Si/c1-13(12-22-23(6,7)18(2,3)4)14-10-11-19-15-8-9-16(21-5)20-17(14)15/h8-11,13H,12H2,1-7H3/t13-/m0/s1. The van der Waals surface area contributed by atoms with E-state index in [4.69, 9.17) is 9.16 Å².